The summed E-state index contributed by atoms with van der Waals surface area (Å²) in [5, 5.41) is 0. The van der Waals surface area contributed by atoms with Gasteiger partial charge in [0.1, 0.15) is 0 Å². The van der Waals surface area contributed by atoms with Crippen LogP contribution in [0.15, 0.2) is 12.5 Å². The molecule has 1 aliphatic heterocycles. The number of ether oxygens (including phenoxy) is 1. The van der Waals surface area contributed by atoms with Gasteiger partial charge >= 0.3 is 0 Å². The second kappa shape index (κ2) is 4.58. The maximum Gasteiger partial charge on any atom is 0.0951 e. The van der Waals surface area contributed by atoms with E-state index in [-0.39, 0.29) is 6.10 Å². The SMILES string of the molecule is NCC1OCCN(C2CC2)C1c1cncn1C1CC1. The topological polar surface area (TPSA) is 56.3 Å². The van der Waals surface area contributed by atoms with E-state index in [0.29, 0.717) is 18.6 Å². The summed E-state index contributed by atoms with van der Waals surface area (Å²) in [5.41, 5.74) is 7.25. The first-order chi connectivity index (χ1) is 9.38. The molecule has 4 rings (SSSR count). The summed E-state index contributed by atoms with van der Waals surface area (Å²) >= 11 is 0. The fourth-order valence-corrected chi connectivity index (χ4v) is 3.33. The molecule has 5 nitrogen and oxygen atoms in total. The monoisotopic (exact) mass is 262 g/mol. The fourth-order valence-electron chi connectivity index (χ4n) is 3.33. The molecular weight excluding hydrogens is 240 g/mol. The standard InChI is InChI=1S/C14H22N4O/c15-7-13-14(17(5-6-19-13)10-1-2-10)12-8-16-9-18(12)11-3-4-11/h8-11,13-14H,1-7,15H2. The molecule has 2 saturated carbocycles. The first-order valence-electron chi connectivity index (χ1n) is 7.47. The number of hydrogen-bond acceptors (Lipinski definition) is 4. The Bertz CT molecular complexity index is 452. The Morgan fingerprint density at radius 3 is 2.74 bits per heavy atom. The highest BCUT2D eigenvalue weighted by Gasteiger charge is 2.43. The molecule has 3 fully saturated rings. The molecule has 1 aromatic rings. The van der Waals surface area contributed by atoms with E-state index in [9.17, 15) is 0 Å². The Balaban J connectivity index is 1.68. The Hall–Kier alpha value is -0.910. The molecule has 5 heteroatoms. The van der Waals surface area contributed by atoms with Crippen molar-refractivity contribution in [3.05, 3.63) is 18.2 Å². The van der Waals surface area contributed by atoms with Gasteiger partial charge in [0.05, 0.1) is 30.8 Å². The largest absolute Gasteiger partial charge is 0.374 e. The van der Waals surface area contributed by atoms with Gasteiger partial charge in [-0.2, -0.15) is 0 Å². The first-order valence-corrected chi connectivity index (χ1v) is 7.47. The van der Waals surface area contributed by atoms with Crippen molar-refractivity contribution in [1.82, 2.24) is 14.5 Å². The number of imidazole rings is 1. The Labute approximate surface area is 113 Å². The van der Waals surface area contributed by atoms with Gasteiger partial charge in [0.25, 0.3) is 0 Å². The van der Waals surface area contributed by atoms with Crippen LogP contribution in [0.2, 0.25) is 0 Å². The molecule has 0 radical (unpaired) electrons. The number of morpholine rings is 1. The van der Waals surface area contributed by atoms with E-state index in [4.69, 9.17) is 10.5 Å². The molecule has 2 heterocycles. The van der Waals surface area contributed by atoms with Gasteiger partial charge in [0.2, 0.25) is 0 Å². The van der Waals surface area contributed by atoms with Crippen molar-refractivity contribution in [2.24, 2.45) is 5.73 Å². The van der Waals surface area contributed by atoms with Gasteiger partial charge in [-0.05, 0) is 25.7 Å². The smallest absolute Gasteiger partial charge is 0.0951 e. The zero-order valence-corrected chi connectivity index (χ0v) is 11.2. The van der Waals surface area contributed by atoms with Crippen molar-refractivity contribution in [2.45, 2.75) is 49.9 Å². The lowest BCUT2D eigenvalue weighted by molar-refractivity contribution is -0.0736. The predicted molar refractivity (Wildman–Crippen MR) is 71.8 cm³/mol. The quantitative estimate of drug-likeness (QED) is 0.882. The summed E-state index contributed by atoms with van der Waals surface area (Å²) in [4.78, 5) is 6.99. The minimum atomic E-state index is 0.114. The van der Waals surface area contributed by atoms with E-state index in [1.54, 1.807) is 0 Å². The third kappa shape index (κ3) is 2.10. The van der Waals surface area contributed by atoms with Gasteiger partial charge in [0, 0.05) is 31.4 Å². The van der Waals surface area contributed by atoms with Gasteiger partial charge in [-0.15, -0.1) is 0 Å². The summed E-state index contributed by atoms with van der Waals surface area (Å²) < 4.78 is 8.28. The molecule has 2 N–H and O–H groups in total. The number of aromatic nitrogens is 2. The highest BCUT2D eigenvalue weighted by atomic mass is 16.5. The van der Waals surface area contributed by atoms with Crippen LogP contribution in [0.1, 0.15) is 43.5 Å². The van der Waals surface area contributed by atoms with Gasteiger partial charge < -0.3 is 15.0 Å². The first kappa shape index (κ1) is 11.9. The summed E-state index contributed by atoms with van der Waals surface area (Å²) in [7, 11) is 0. The second-order valence-electron chi connectivity index (χ2n) is 6.02. The van der Waals surface area contributed by atoms with Crippen LogP contribution < -0.4 is 5.73 Å². The lowest BCUT2D eigenvalue weighted by atomic mass is 10.0. The van der Waals surface area contributed by atoms with E-state index < -0.39 is 0 Å². The number of nitrogens with zero attached hydrogens (tertiary/aromatic N) is 3. The van der Waals surface area contributed by atoms with Crippen molar-refractivity contribution >= 4 is 0 Å². The van der Waals surface area contributed by atoms with E-state index in [1.807, 2.05) is 12.5 Å². The average molecular weight is 262 g/mol. The van der Waals surface area contributed by atoms with Crippen molar-refractivity contribution in [3.63, 3.8) is 0 Å². The zero-order chi connectivity index (χ0) is 12.8. The lowest BCUT2D eigenvalue weighted by Crippen LogP contribution is -2.49. The molecule has 0 spiro atoms. The van der Waals surface area contributed by atoms with Crippen LogP contribution in [0.5, 0.6) is 0 Å². The van der Waals surface area contributed by atoms with Gasteiger partial charge in [0.15, 0.2) is 0 Å². The van der Waals surface area contributed by atoms with Crippen molar-refractivity contribution < 1.29 is 4.74 Å². The summed E-state index contributed by atoms with van der Waals surface area (Å²) in [6, 6.07) is 1.71. The molecule has 1 aromatic heterocycles. The molecular formula is C14H22N4O. The van der Waals surface area contributed by atoms with E-state index in [2.05, 4.69) is 14.5 Å². The summed E-state index contributed by atoms with van der Waals surface area (Å²) in [5.74, 6) is 0. The third-order valence-electron chi connectivity index (χ3n) is 4.58. The summed E-state index contributed by atoms with van der Waals surface area (Å²) in [6.45, 7) is 2.43. The van der Waals surface area contributed by atoms with E-state index in [0.717, 1.165) is 19.2 Å². The number of hydrogen-bond donors (Lipinski definition) is 1. The predicted octanol–water partition coefficient (Wildman–Crippen LogP) is 1.08. The van der Waals surface area contributed by atoms with Crippen LogP contribution in [-0.4, -0.2) is 46.3 Å². The zero-order valence-electron chi connectivity index (χ0n) is 11.2. The molecule has 0 aromatic carbocycles. The van der Waals surface area contributed by atoms with Crippen molar-refractivity contribution in [3.8, 4) is 0 Å². The van der Waals surface area contributed by atoms with Crippen LogP contribution >= 0.6 is 0 Å². The van der Waals surface area contributed by atoms with Gasteiger partial charge in [-0.25, -0.2) is 4.98 Å². The van der Waals surface area contributed by atoms with E-state index in [1.165, 1.54) is 31.4 Å². The van der Waals surface area contributed by atoms with Crippen LogP contribution in [-0.2, 0) is 4.74 Å². The molecule has 3 aliphatic rings. The molecule has 2 unspecified atom stereocenters. The van der Waals surface area contributed by atoms with Crippen molar-refractivity contribution in [2.75, 3.05) is 19.7 Å². The minimum absolute atomic E-state index is 0.114. The molecule has 1 saturated heterocycles. The minimum Gasteiger partial charge on any atom is -0.374 e. The molecule has 104 valence electrons. The lowest BCUT2D eigenvalue weighted by Gasteiger charge is -2.41. The molecule has 0 amide bonds. The average Bonchev–Trinajstić information content (AvgIpc) is 3.36. The van der Waals surface area contributed by atoms with Gasteiger partial charge in [-0.3, -0.25) is 4.90 Å². The third-order valence-corrected chi connectivity index (χ3v) is 4.58. The number of rotatable bonds is 4. The maximum absolute atomic E-state index is 5.94. The molecule has 19 heavy (non-hydrogen) atoms. The Morgan fingerprint density at radius 1 is 1.26 bits per heavy atom. The highest BCUT2D eigenvalue weighted by Crippen LogP contribution is 2.42. The van der Waals surface area contributed by atoms with Crippen LogP contribution in [0, 0.1) is 0 Å². The van der Waals surface area contributed by atoms with Crippen LogP contribution in [0.4, 0.5) is 0 Å². The van der Waals surface area contributed by atoms with E-state index >= 15 is 0 Å². The highest BCUT2D eigenvalue weighted by molar-refractivity contribution is 5.14. The van der Waals surface area contributed by atoms with Crippen LogP contribution in [0.3, 0.4) is 0 Å². The Kier molecular flexibility index (Phi) is 2.86. The van der Waals surface area contributed by atoms with Crippen molar-refractivity contribution in [1.29, 1.82) is 0 Å². The summed E-state index contributed by atoms with van der Waals surface area (Å²) in [6.07, 6.45) is 9.34. The molecule has 2 aliphatic carbocycles. The fraction of sp³-hybridized carbons (Fsp3) is 0.786. The molecule has 0 bridgehead atoms. The van der Waals surface area contributed by atoms with Gasteiger partial charge in [-0.1, -0.05) is 0 Å². The molecule has 2 atom stereocenters. The number of nitrogens with two attached hydrogens (primary N) is 1. The maximum atomic E-state index is 5.94. The Morgan fingerprint density at radius 2 is 2.05 bits per heavy atom. The normalized spacial score (nSPS) is 32.7. The second-order valence-corrected chi connectivity index (χ2v) is 6.02. The van der Waals surface area contributed by atoms with Crippen LogP contribution in [0.25, 0.3) is 0 Å².